The van der Waals surface area contributed by atoms with Crippen molar-refractivity contribution in [2.24, 2.45) is 0 Å². The summed E-state index contributed by atoms with van der Waals surface area (Å²) >= 11 is 5.94. The van der Waals surface area contributed by atoms with Crippen LogP contribution in [-0.2, 0) is 0 Å². The summed E-state index contributed by atoms with van der Waals surface area (Å²) < 4.78 is 1.74. The van der Waals surface area contributed by atoms with E-state index in [0.29, 0.717) is 24.3 Å². The summed E-state index contributed by atoms with van der Waals surface area (Å²) in [5, 5.41) is 0. The maximum atomic E-state index is 12.6. The monoisotopic (exact) mass is 297 g/mol. The van der Waals surface area contributed by atoms with E-state index < -0.39 is 0 Å². The van der Waals surface area contributed by atoms with Crippen LogP contribution in [0.2, 0.25) is 0 Å². The van der Waals surface area contributed by atoms with E-state index in [1.54, 1.807) is 17.0 Å². The van der Waals surface area contributed by atoms with Crippen LogP contribution in [0, 0.1) is 0 Å². The molecule has 112 valence electrons. The highest BCUT2D eigenvalue weighted by Crippen LogP contribution is 2.24. The maximum Gasteiger partial charge on any atom is 0.293 e. The summed E-state index contributed by atoms with van der Waals surface area (Å²) in [4.78, 5) is 19.1. The Hall–Kier alpha value is -1.03. The second-order valence-corrected chi connectivity index (χ2v) is 6.11. The molecule has 0 spiro atoms. The van der Waals surface area contributed by atoms with E-state index in [1.807, 2.05) is 13.8 Å². The van der Waals surface area contributed by atoms with Crippen molar-refractivity contribution in [3.8, 4) is 0 Å². The molecule has 2 rings (SSSR count). The average Bonchev–Trinajstić information content (AvgIpc) is 2.46. The molecule has 0 amide bonds. The molecule has 0 aliphatic heterocycles. The molecule has 20 heavy (non-hydrogen) atoms. The zero-order chi connectivity index (χ0) is 14.5. The number of nitrogens with zero attached hydrogens (tertiary/aromatic N) is 3. The molecule has 1 aromatic rings. The Labute approximate surface area is 125 Å². The van der Waals surface area contributed by atoms with E-state index in [1.165, 1.54) is 19.3 Å². The summed E-state index contributed by atoms with van der Waals surface area (Å²) in [6.07, 6.45) is 9.51. The van der Waals surface area contributed by atoms with Crippen LogP contribution in [0.3, 0.4) is 0 Å². The molecule has 1 saturated carbocycles. The van der Waals surface area contributed by atoms with Gasteiger partial charge >= 0.3 is 0 Å². The molecule has 1 aromatic heterocycles. The standard InChI is InChI=1S/C15H24ClN3O/c1-12(2)18-11-9-17-14(15(18)20)19(10-8-16)13-6-4-3-5-7-13/h9,11-13H,3-8,10H2,1-2H3. The third kappa shape index (κ3) is 3.35. The van der Waals surface area contributed by atoms with Gasteiger partial charge < -0.3 is 9.47 Å². The van der Waals surface area contributed by atoms with Gasteiger partial charge in [0.25, 0.3) is 5.56 Å². The first kappa shape index (κ1) is 15.4. The third-order valence-corrected chi connectivity index (χ3v) is 4.19. The molecule has 0 bridgehead atoms. The summed E-state index contributed by atoms with van der Waals surface area (Å²) in [7, 11) is 0. The molecule has 0 N–H and O–H groups in total. The molecule has 4 nitrogen and oxygen atoms in total. The van der Waals surface area contributed by atoms with Crippen LogP contribution in [0.15, 0.2) is 17.2 Å². The lowest BCUT2D eigenvalue weighted by molar-refractivity contribution is 0.414. The van der Waals surface area contributed by atoms with Crippen LogP contribution in [0.4, 0.5) is 5.82 Å². The van der Waals surface area contributed by atoms with Gasteiger partial charge in [0.2, 0.25) is 0 Å². The van der Waals surface area contributed by atoms with Gasteiger partial charge in [-0.15, -0.1) is 11.6 Å². The fraction of sp³-hybridized carbons (Fsp3) is 0.733. The van der Waals surface area contributed by atoms with Crippen LogP contribution in [0.25, 0.3) is 0 Å². The Balaban J connectivity index is 2.33. The number of halogens is 1. The summed E-state index contributed by atoms with van der Waals surface area (Å²) in [5.74, 6) is 1.09. The van der Waals surface area contributed by atoms with E-state index in [2.05, 4.69) is 9.88 Å². The van der Waals surface area contributed by atoms with Crippen LogP contribution in [0.5, 0.6) is 0 Å². The fourth-order valence-corrected chi connectivity index (χ4v) is 3.15. The maximum absolute atomic E-state index is 12.6. The van der Waals surface area contributed by atoms with E-state index in [-0.39, 0.29) is 11.6 Å². The Morgan fingerprint density at radius 3 is 2.70 bits per heavy atom. The van der Waals surface area contributed by atoms with Crippen molar-refractivity contribution >= 4 is 17.4 Å². The van der Waals surface area contributed by atoms with Crippen LogP contribution in [-0.4, -0.2) is 28.0 Å². The van der Waals surface area contributed by atoms with Gasteiger partial charge in [0, 0.05) is 36.9 Å². The molecule has 1 aliphatic carbocycles. The molecule has 1 aliphatic rings. The van der Waals surface area contributed by atoms with Crippen molar-refractivity contribution in [2.75, 3.05) is 17.3 Å². The van der Waals surface area contributed by atoms with Crippen molar-refractivity contribution in [2.45, 2.75) is 58.0 Å². The van der Waals surface area contributed by atoms with Crippen molar-refractivity contribution in [3.05, 3.63) is 22.7 Å². The summed E-state index contributed by atoms with van der Waals surface area (Å²) in [5.41, 5.74) is -0.00168. The average molecular weight is 298 g/mol. The number of anilines is 1. The number of rotatable bonds is 5. The van der Waals surface area contributed by atoms with E-state index in [0.717, 1.165) is 12.8 Å². The van der Waals surface area contributed by atoms with Crippen LogP contribution < -0.4 is 10.5 Å². The Kier molecular flexibility index (Phi) is 5.46. The molecular formula is C15H24ClN3O. The second kappa shape index (κ2) is 7.11. The van der Waals surface area contributed by atoms with Crippen molar-refractivity contribution < 1.29 is 0 Å². The molecule has 0 radical (unpaired) electrons. The topological polar surface area (TPSA) is 38.1 Å². The largest absolute Gasteiger partial charge is 0.348 e. The first-order valence-corrected chi connectivity index (χ1v) is 8.08. The Morgan fingerprint density at radius 2 is 2.10 bits per heavy atom. The van der Waals surface area contributed by atoms with Crippen LogP contribution in [0.1, 0.15) is 52.0 Å². The first-order chi connectivity index (χ1) is 9.65. The zero-order valence-electron chi connectivity index (χ0n) is 12.4. The quantitative estimate of drug-likeness (QED) is 0.783. The molecule has 0 aromatic carbocycles. The summed E-state index contributed by atoms with van der Waals surface area (Å²) in [6.45, 7) is 4.71. The smallest absolute Gasteiger partial charge is 0.293 e. The lowest BCUT2D eigenvalue weighted by Crippen LogP contribution is -2.43. The SMILES string of the molecule is CC(C)n1ccnc(N(CCCl)C2CCCCC2)c1=O. The van der Waals surface area contributed by atoms with Gasteiger partial charge in [0.1, 0.15) is 0 Å². The lowest BCUT2D eigenvalue weighted by Gasteiger charge is -2.34. The predicted octanol–water partition coefficient (Wildman–Crippen LogP) is 3.20. The Bertz CT molecular complexity index is 480. The van der Waals surface area contributed by atoms with Gasteiger partial charge in [-0.1, -0.05) is 19.3 Å². The first-order valence-electron chi connectivity index (χ1n) is 7.55. The minimum atomic E-state index is -0.00168. The van der Waals surface area contributed by atoms with Gasteiger partial charge in [-0.05, 0) is 26.7 Å². The highest BCUT2D eigenvalue weighted by Gasteiger charge is 2.24. The number of hydrogen-bond donors (Lipinski definition) is 0. The zero-order valence-corrected chi connectivity index (χ0v) is 13.1. The number of hydrogen-bond acceptors (Lipinski definition) is 3. The van der Waals surface area contributed by atoms with E-state index in [9.17, 15) is 4.79 Å². The molecule has 0 unspecified atom stereocenters. The van der Waals surface area contributed by atoms with Crippen molar-refractivity contribution in [3.63, 3.8) is 0 Å². The minimum absolute atomic E-state index is 0.00168. The highest BCUT2D eigenvalue weighted by atomic mass is 35.5. The normalized spacial score (nSPS) is 16.6. The fourth-order valence-electron chi connectivity index (χ4n) is 2.96. The highest BCUT2D eigenvalue weighted by molar-refractivity contribution is 6.18. The Morgan fingerprint density at radius 1 is 1.40 bits per heavy atom. The predicted molar refractivity (Wildman–Crippen MR) is 83.8 cm³/mol. The van der Waals surface area contributed by atoms with E-state index >= 15 is 0 Å². The molecule has 5 heteroatoms. The number of aromatic nitrogens is 2. The molecule has 1 heterocycles. The summed E-state index contributed by atoms with van der Waals surface area (Å²) in [6, 6.07) is 0.555. The van der Waals surface area contributed by atoms with Crippen molar-refractivity contribution in [1.29, 1.82) is 0 Å². The van der Waals surface area contributed by atoms with Gasteiger partial charge in [-0.3, -0.25) is 4.79 Å². The molecule has 0 atom stereocenters. The second-order valence-electron chi connectivity index (χ2n) is 5.73. The van der Waals surface area contributed by atoms with Gasteiger partial charge in [0.05, 0.1) is 0 Å². The lowest BCUT2D eigenvalue weighted by atomic mass is 9.94. The molecule has 0 saturated heterocycles. The van der Waals surface area contributed by atoms with E-state index in [4.69, 9.17) is 11.6 Å². The van der Waals surface area contributed by atoms with Crippen molar-refractivity contribution in [1.82, 2.24) is 9.55 Å². The van der Waals surface area contributed by atoms with Crippen LogP contribution >= 0.6 is 11.6 Å². The van der Waals surface area contributed by atoms with Gasteiger partial charge in [-0.25, -0.2) is 4.98 Å². The van der Waals surface area contributed by atoms with Gasteiger partial charge in [-0.2, -0.15) is 0 Å². The minimum Gasteiger partial charge on any atom is -0.348 e. The number of alkyl halides is 1. The van der Waals surface area contributed by atoms with Gasteiger partial charge in [0.15, 0.2) is 5.82 Å². The molecular weight excluding hydrogens is 274 g/mol. The molecule has 1 fully saturated rings. The third-order valence-electron chi connectivity index (χ3n) is 4.02.